The largest absolute Gasteiger partial charge is 0.481 e. The Morgan fingerprint density at radius 1 is 1.12 bits per heavy atom. The number of aliphatic carboxylic acids is 1. The third-order valence-corrected chi connectivity index (χ3v) is 8.44. The number of nitrogens with zero attached hydrogens (tertiary/aromatic N) is 3. The number of carbonyl (C=O) groups excluding carboxylic acids is 1. The number of benzene rings is 1. The number of amides is 1. The van der Waals surface area contributed by atoms with Crippen molar-refractivity contribution < 1.29 is 36.6 Å². The fourth-order valence-electron chi connectivity index (χ4n) is 6.15. The van der Waals surface area contributed by atoms with Crippen molar-refractivity contribution in [3.05, 3.63) is 41.6 Å². The summed E-state index contributed by atoms with van der Waals surface area (Å²) < 4.78 is 70.6. The number of alkyl halides is 5. The average Bonchev–Trinajstić information content (AvgIpc) is 3.51. The number of carbonyl (C=O) groups is 2. The molecule has 2 N–H and O–H groups in total. The van der Waals surface area contributed by atoms with Gasteiger partial charge in [0.15, 0.2) is 5.69 Å². The van der Waals surface area contributed by atoms with Gasteiger partial charge in [-0.3, -0.25) is 14.3 Å². The van der Waals surface area contributed by atoms with Crippen LogP contribution in [0.1, 0.15) is 73.5 Å². The molecule has 7 nitrogen and oxygen atoms in total. The first-order valence-corrected chi connectivity index (χ1v) is 13.3. The van der Waals surface area contributed by atoms with E-state index in [0.717, 1.165) is 31.7 Å². The quantitative estimate of drug-likeness (QED) is 0.361. The zero-order valence-corrected chi connectivity index (χ0v) is 22.5. The Hall–Kier alpha value is -2.73. The van der Waals surface area contributed by atoms with Crippen molar-refractivity contribution in [2.45, 2.75) is 75.5 Å². The molecule has 5 rings (SSSR count). The minimum atomic E-state index is -4.60. The fraction of sp³-hybridized carbons (Fsp3) is 0.593. The Labute approximate surface area is 234 Å². The summed E-state index contributed by atoms with van der Waals surface area (Å²) in [5.41, 5.74) is -1.80. The van der Waals surface area contributed by atoms with Crippen LogP contribution in [0.2, 0.25) is 0 Å². The SMILES string of the molecule is Cl.O=C(O)C[C@H](CCN1CC2(CCC2(F)F)C1)NC(=O)c1cc(-c2ccccc2C(F)(F)F)n(C2CCCC2)n1. The highest BCUT2D eigenvalue weighted by molar-refractivity contribution is 5.94. The molecule has 0 radical (unpaired) electrons. The molecule has 0 bridgehead atoms. The average molecular weight is 591 g/mol. The fourth-order valence-corrected chi connectivity index (χ4v) is 6.15. The molecule has 1 spiro atoms. The Bertz CT molecular complexity index is 1240. The number of aromatic nitrogens is 2. The van der Waals surface area contributed by atoms with E-state index in [4.69, 9.17) is 0 Å². The lowest BCUT2D eigenvalue weighted by molar-refractivity contribution is -0.258. The van der Waals surface area contributed by atoms with Crippen LogP contribution in [-0.2, 0) is 11.0 Å². The van der Waals surface area contributed by atoms with Crippen molar-refractivity contribution in [3.8, 4) is 11.3 Å². The maximum Gasteiger partial charge on any atom is 0.417 e. The van der Waals surface area contributed by atoms with Crippen molar-refractivity contribution >= 4 is 24.3 Å². The van der Waals surface area contributed by atoms with Gasteiger partial charge >= 0.3 is 12.1 Å². The highest BCUT2D eigenvalue weighted by atomic mass is 35.5. The van der Waals surface area contributed by atoms with E-state index in [9.17, 15) is 36.6 Å². The molecule has 2 heterocycles. The third kappa shape index (κ3) is 5.83. The van der Waals surface area contributed by atoms with Gasteiger partial charge in [-0.2, -0.15) is 18.3 Å². The molecule has 1 amide bonds. The van der Waals surface area contributed by atoms with E-state index in [1.165, 1.54) is 28.9 Å². The highest BCUT2D eigenvalue weighted by Gasteiger charge is 2.66. The van der Waals surface area contributed by atoms with Crippen LogP contribution in [0, 0.1) is 5.41 Å². The molecule has 3 aliphatic rings. The van der Waals surface area contributed by atoms with Gasteiger partial charge in [-0.25, -0.2) is 8.78 Å². The Morgan fingerprint density at radius 2 is 1.80 bits per heavy atom. The van der Waals surface area contributed by atoms with Crippen LogP contribution in [-0.4, -0.2) is 63.3 Å². The molecule has 3 fully saturated rings. The van der Waals surface area contributed by atoms with Crippen LogP contribution >= 0.6 is 12.4 Å². The van der Waals surface area contributed by atoms with Gasteiger partial charge in [0.2, 0.25) is 0 Å². The van der Waals surface area contributed by atoms with E-state index >= 15 is 0 Å². The Morgan fingerprint density at radius 3 is 2.38 bits per heavy atom. The van der Waals surface area contributed by atoms with Gasteiger partial charge < -0.3 is 15.3 Å². The number of rotatable bonds is 9. The van der Waals surface area contributed by atoms with Gasteiger partial charge in [-0.15, -0.1) is 12.4 Å². The molecule has 1 aromatic carbocycles. The van der Waals surface area contributed by atoms with E-state index in [0.29, 0.717) is 13.0 Å². The summed E-state index contributed by atoms with van der Waals surface area (Å²) in [5, 5.41) is 16.4. The molecule has 2 saturated carbocycles. The second kappa shape index (κ2) is 11.3. The van der Waals surface area contributed by atoms with Crippen LogP contribution in [0.3, 0.4) is 0 Å². The second-order valence-corrected chi connectivity index (χ2v) is 11.1. The van der Waals surface area contributed by atoms with Gasteiger partial charge in [0.05, 0.1) is 29.1 Å². The summed E-state index contributed by atoms with van der Waals surface area (Å²) in [4.78, 5) is 26.5. The zero-order valence-electron chi connectivity index (χ0n) is 21.7. The maximum atomic E-state index is 13.9. The summed E-state index contributed by atoms with van der Waals surface area (Å²) in [5.74, 6) is -4.49. The zero-order chi connectivity index (χ0) is 28.0. The van der Waals surface area contributed by atoms with Gasteiger partial charge in [-0.1, -0.05) is 31.0 Å². The van der Waals surface area contributed by atoms with Gasteiger partial charge in [0.1, 0.15) is 0 Å². The van der Waals surface area contributed by atoms with Crippen LogP contribution in [0.25, 0.3) is 11.3 Å². The molecule has 2 aromatic rings. The van der Waals surface area contributed by atoms with Crippen molar-refractivity contribution in [1.29, 1.82) is 0 Å². The number of carboxylic acids is 1. The van der Waals surface area contributed by atoms with Crippen molar-refractivity contribution in [2.24, 2.45) is 5.41 Å². The first kappa shape index (κ1) is 30.2. The molecule has 1 atom stereocenters. The molecule has 0 unspecified atom stereocenters. The van der Waals surface area contributed by atoms with Crippen molar-refractivity contribution in [2.75, 3.05) is 19.6 Å². The minimum absolute atomic E-state index is 0. The standard InChI is InChI=1S/C27H31F5N4O3.ClH/c28-26(29)11-10-25(26)15-35(16-25)12-9-17(13-23(37)38)33-24(39)21-14-22(36(34-21)18-5-1-2-6-18)19-7-3-4-8-20(19)27(30,31)32;/h3-4,7-8,14,17-18H,1-2,5-6,9-13,15-16H2,(H,33,39)(H,37,38);1H/t17-;/m0./s1. The summed E-state index contributed by atoms with van der Waals surface area (Å²) in [7, 11) is 0. The van der Waals surface area contributed by atoms with Crippen LogP contribution in [0.4, 0.5) is 22.0 Å². The first-order chi connectivity index (χ1) is 18.4. The predicted octanol–water partition coefficient (Wildman–Crippen LogP) is 5.80. The molecular weight excluding hydrogens is 559 g/mol. The summed E-state index contributed by atoms with van der Waals surface area (Å²) in [6, 6.07) is 5.53. The van der Waals surface area contributed by atoms with Crippen LogP contribution < -0.4 is 5.32 Å². The monoisotopic (exact) mass is 590 g/mol. The molecule has 13 heteroatoms. The Balaban J connectivity index is 0.00000370. The minimum Gasteiger partial charge on any atom is -0.481 e. The van der Waals surface area contributed by atoms with Gasteiger partial charge in [0, 0.05) is 37.7 Å². The Kier molecular flexibility index (Phi) is 8.52. The number of nitrogens with one attached hydrogen (secondary N) is 1. The number of carboxylic acid groups (broad SMARTS) is 1. The summed E-state index contributed by atoms with van der Waals surface area (Å²) >= 11 is 0. The van der Waals surface area contributed by atoms with E-state index < -0.39 is 41.0 Å². The number of likely N-dealkylation sites (tertiary alicyclic amines) is 1. The number of hydrogen-bond acceptors (Lipinski definition) is 4. The molecule has 2 aliphatic carbocycles. The van der Waals surface area contributed by atoms with E-state index in [1.54, 1.807) is 0 Å². The second-order valence-electron chi connectivity index (χ2n) is 11.1. The lowest BCUT2D eigenvalue weighted by atomic mass is 9.60. The first-order valence-electron chi connectivity index (χ1n) is 13.3. The number of hydrogen-bond donors (Lipinski definition) is 2. The maximum absolute atomic E-state index is 13.9. The molecule has 1 aromatic heterocycles. The third-order valence-electron chi connectivity index (χ3n) is 8.44. The normalized spacial score (nSPS) is 20.8. The van der Waals surface area contributed by atoms with E-state index in [2.05, 4.69) is 10.4 Å². The number of halogens is 6. The van der Waals surface area contributed by atoms with Crippen LogP contribution in [0.15, 0.2) is 30.3 Å². The summed E-state index contributed by atoms with van der Waals surface area (Å²) in [6.45, 7) is 0.819. The van der Waals surface area contributed by atoms with Gasteiger partial charge in [-0.05, 0) is 37.8 Å². The predicted molar refractivity (Wildman–Crippen MR) is 139 cm³/mol. The van der Waals surface area contributed by atoms with E-state index in [1.807, 2.05) is 4.90 Å². The highest BCUT2D eigenvalue weighted by Crippen LogP contribution is 2.58. The molecule has 220 valence electrons. The lowest BCUT2D eigenvalue weighted by Gasteiger charge is -2.60. The smallest absolute Gasteiger partial charge is 0.417 e. The lowest BCUT2D eigenvalue weighted by Crippen LogP contribution is -2.70. The van der Waals surface area contributed by atoms with Gasteiger partial charge in [0.25, 0.3) is 11.8 Å². The molecular formula is C27H32ClF5N4O3. The summed E-state index contributed by atoms with van der Waals surface area (Å²) in [6.07, 6.45) is -1.15. The molecule has 1 saturated heterocycles. The molecule has 1 aliphatic heterocycles. The topological polar surface area (TPSA) is 87.5 Å². The van der Waals surface area contributed by atoms with Crippen molar-refractivity contribution in [1.82, 2.24) is 20.0 Å². The van der Waals surface area contributed by atoms with Crippen molar-refractivity contribution in [3.63, 3.8) is 0 Å². The molecule has 40 heavy (non-hydrogen) atoms. The van der Waals surface area contributed by atoms with E-state index in [-0.39, 0.29) is 67.8 Å². The van der Waals surface area contributed by atoms with Crippen LogP contribution in [0.5, 0.6) is 0 Å².